The summed E-state index contributed by atoms with van der Waals surface area (Å²) in [7, 11) is 0. The fraction of sp³-hybridized carbons (Fsp3) is 0.250. The zero-order valence-electron chi connectivity index (χ0n) is 11.6. The van der Waals surface area contributed by atoms with Gasteiger partial charge in [-0.05, 0) is 32.4 Å². The Bertz CT molecular complexity index is 574. The minimum absolute atomic E-state index is 1.06. The number of aryl methyl sites for hydroxylation is 3. The van der Waals surface area contributed by atoms with Gasteiger partial charge >= 0.3 is 0 Å². The first kappa shape index (κ1) is 13.7. The number of fused-ring (bicyclic) bond motifs is 1. The average molecular weight is 270 g/mol. The van der Waals surface area contributed by atoms with Gasteiger partial charge in [-0.2, -0.15) is 0 Å². The Kier molecular flexibility index (Phi) is 4.63. The molecule has 0 amide bonds. The lowest BCUT2D eigenvalue weighted by Gasteiger charge is -1.91. The van der Waals surface area contributed by atoms with Crippen molar-refractivity contribution >= 4 is 22.2 Å². The van der Waals surface area contributed by atoms with Gasteiger partial charge in [0.05, 0.1) is 16.2 Å². The smallest absolute Gasteiger partial charge is 0.0928 e. The van der Waals surface area contributed by atoms with Gasteiger partial charge in [-0.15, -0.1) is 11.3 Å². The van der Waals surface area contributed by atoms with Crippen molar-refractivity contribution in [2.24, 2.45) is 0 Å². The van der Waals surface area contributed by atoms with Crippen molar-refractivity contribution in [3.05, 3.63) is 58.2 Å². The van der Waals surface area contributed by atoms with Crippen molar-refractivity contribution < 1.29 is 0 Å². The molecule has 2 heterocycles. The summed E-state index contributed by atoms with van der Waals surface area (Å²) in [6, 6.07) is 12.1. The fourth-order valence-corrected chi connectivity index (χ4v) is 2.58. The number of para-hydroxylation sites is 1. The van der Waals surface area contributed by atoms with Crippen molar-refractivity contribution in [3.63, 3.8) is 0 Å². The molecule has 0 aliphatic rings. The molecule has 3 rings (SSSR count). The molecule has 0 aliphatic carbocycles. The van der Waals surface area contributed by atoms with Gasteiger partial charge in [0.2, 0.25) is 0 Å². The maximum Gasteiger partial charge on any atom is 0.0928 e. The van der Waals surface area contributed by atoms with Gasteiger partial charge in [-0.3, -0.25) is 4.98 Å². The molecule has 3 heteroatoms. The molecular formula is C16H18N2S. The molecule has 0 saturated heterocycles. The molecule has 0 saturated carbocycles. The lowest BCUT2D eigenvalue weighted by Crippen LogP contribution is -1.76. The first-order valence-electron chi connectivity index (χ1n) is 6.43. The van der Waals surface area contributed by atoms with Crippen LogP contribution in [0.25, 0.3) is 10.9 Å². The number of rotatable bonds is 1. The Balaban J connectivity index is 0.000000141. The van der Waals surface area contributed by atoms with Crippen LogP contribution in [0.2, 0.25) is 0 Å². The second-order valence-electron chi connectivity index (χ2n) is 4.30. The van der Waals surface area contributed by atoms with Crippen LogP contribution in [0, 0.1) is 13.8 Å². The maximum atomic E-state index is 4.35. The van der Waals surface area contributed by atoms with E-state index in [1.165, 1.54) is 21.0 Å². The summed E-state index contributed by atoms with van der Waals surface area (Å²) in [5.74, 6) is 0. The van der Waals surface area contributed by atoms with Crippen LogP contribution in [0.4, 0.5) is 0 Å². The number of thiazole rings is 1. The zero-order chi connectivity index (χ0) is 13.7. The van der Waals surface area contributed by atoms with Crippen molar-refractivity contribution in [2.75, 3.05) is 0 Å². The van der Waals surface area contributed by atoms with Crippen molar-refractivity contribution in [1.29, 1.82) is 0 Å². The standard InChI is InChI=1S/C9H7N.C7H11NS/c1-2-6-9-8(4-1)5-3-7-10-9;1-4-7-8-5(2)6(3)9-7/h1-7H;4H2,1-3H3. The van der Waals surface area contributed by atoms with Crippen LogP contribution in [0.3, 0.4) is 0 Å². The van der Waals surface area contributed by atoms with Gasteiger partial charge < -0.3 is 0 Å². The van der Waals surface area contributed by atoms with Gasteiger partial charge in [0.1, 0.15) is 0 Å². The fourth-order valence-electron chi connectivity index (χ4n) is 1.71. The second-order valence-corrected chi connectivity index (χ2v) is 5.59. The minimum atomic E-state index is 1.06. The Labute approximate surface area is 118 Å². The zero-order valence-corrected chi connectivity index (χ0v) is 12.4. The average Bonchev–Trinajstić information content (AvgIpc) is 2.79. The third kappa shape index (κ3) is 3.61. The highest BCUT2D eigenvalue weighted by Crippen LogP contribution is 2.16. The first-order chi connectivity index (χ1) is 9.20. The molecule has 0 bridgehead atoms. The molecule has 0 unspecified atom stereocenters. The van der Waals surface area contributed by atoms with Gasteiger partial charge in [-0.1, -0.05) is 31.2 Å². The summed E-state index contributed by atoms with van der Waals surface area (Å²) in [5, 5.41) is 2.45. The predicted octanol–water partition coefficient (Wildman–Crippen LogP) is 4.56. The minimum Gasteiger partial charge on any atom is -0.256 e. The lowest BCUT2D eigenvalue weighted by atomic mass is 10.2. The summed E-state index contributed by atoms with van der Waals surface area (Å²) < 4.78 is 0. The third-order valence-electron chi connectivity index (χ3n) is 2.89. The number of nitrogens with zero attached hydrogens (tertiary/aromatic N) is 2. The molecule has 2 nitrogen and oxygen atoms in total. The van der Waals surface area contributed by atoms with E-state index in [0.717, 1.165) is 11.9 Å². The highest BCUT2D eigenvalue weighted by Gasteiger charge is 1.98. The summed E-state index contributed by atoms with van der Waals surface area (Å²) in [6.07, 6.45) is 2.88. The van der Waals surface area contributed by atoms with E-state index in [1.807, 2.05) is 30.5 Å². The monoisotopic (exact) mass is 270 g/mol. The van der Waals surface area contributed by atoms with Gasteiger partial charge in [0.15, 0.2) is 0 Å². The first-order valence-corrected chi connectivity index (χ1v) is 7.25. The molecule has 1 aromatic carbocycles. The Morgan fingerprint density at radius 1 is 1.05 bits per heavy atom. The molecular weight excluding hydrogens is 252 g/mol. The lowest BCUT2D eigenvalue weighted by molar-refractivity contribution is 1.06. The van der Waals surface area contributed by atoms with E-state index in [2.05, 4.69) is 42.9 Å². The predicted molar refractivity (Wildman–Crippen MR) is 82.7 cm³/mol. The molecule has 0 radical (unpaired) electrons. The van der Waals surface area contributed by atoms with Crippen molar-refractivity contribution in [1.82, 2.24) is 9.97 Å². The topological polar surface area (TPSA) is 25.8 Å². The molecule has 0 spiro atoms. The Hall–Kier alpha value is -1.74. The maximum absolute atomic E-state index is 4.35. The molecule has 0 N–H and O–H groups in total. The van der Waals surface area contributed by atoms with Crippen LogP contribution in [0.5, 0.6) is 0 Å². The van der Waals surface area contributed by atoms with E-state index >= 15 is 0 Å². The van der Waals surface area contributed by atoms with E-state index < -0.39 is 0 Å². The van der Waals surface area contributed by atoms with Crippen LogP contribution in [-0.2, 0) is 6.42 Å². The summed E-state index contributed by atoms with van der Waals surface area (Å²) in [5.41, 5.74) is 2.25. The highest BCUT2D eigenvalue weighted by atomic mass is 32.1. The second kappa shape index (κ2) is 6.43. The third-order valence-corrected chi connectivity index (χ3v) is 4.10. The van der Waals surface area contributed by atoms with Crippen molar-refractivity contribution in [3.8, 4) is 0 Å². The molecule has 3 aromatic rings. The number of aromatic nitrogens is 2. The number of pyridine rings is 1. The molecule has 19 heavy (non-hydrogen) atoms. The number of hydrogen-bond acceptors (Lipinski definition) is 3. The SMILES string of the molecule is CCc1nc(C)c(C)s1.c1ccc2ncccc2c1. The summed E-state index contributed by atoms with van der Waals surface area (Å²) >= 11 is 1.80. The van der Waals surface area contributed by atoms with Gasteiger partial charge in [0, 0.05) is 16.5 Å². The Morgan fingerprint density at radius 2 is 1.79 bits per heavy atom. The highest BCUT2D eigenvalue weighted by molar-refractivity contribution is 7.11. The van der Waals surface area contributed by atoms with Crippen LogP contribution in [0.15, 0.2) is 42.6 Å². The largest absolute Gasteiger partial charge is 0.256 e. The van der Waals surface area contributed by atoms with E-state index in [0.29, 0.717) is 0 Å². The quantitative estimate of drug-likeness (QED) is 0.648. The van der Waals surface area contributed by atoms with E-state index in [4.69, 9.17) is 0 Å². The summed E-state index contributed by atoms with van der Waals surface area (Å²) in [6.45, 7) is 6.31. The van der Waals surface area contributed by atoms with Crippen LogP contribution < -0.4 is 0 Å². The molecule has 0 atom stereocenters. The van der Waals surface area contributed by atoms with Crippen LogP contribution >= 0.6 is 11.3 Å². The normalized spacial score (nSPS) is 10.1. The number of hydrogen-bond donors (Lipinski definition) is 0. The van der Waals surface area contributed by atoms with Gasteiger partial charge in [0.25, 0.3) is 0 Å². The molecule has 98 valence electrons. The number of benzene rings is 1. The van der Waals surface area contributed by atoms with Crippen LogP contribution in [-0.4, -0.2) is 9.97 Å². The molecule has 0 aliphatic heterocycles. The van der Waals surface area contributed by atoms with E-state index in [1.54, 1.807) is 11.3 Å². The van der Waals surface area contributed by atoms with Crippen LogP contribution in [0.1, 0.15) is 22.5 Å². The Morgan fingerprint density at radius 3 is 2.37 bits per heavy atom. The molecule has 2 aromatic heterocycles. The molecule has 0 fully saturated rings. The summed E-state index contributed by atoms with van der Waals surface area (Å²) in [4.78, 5) is 9.88. The van der Waals surface area contributed by atoms with E-state index in [9.17, 15) is 0 Å². The van der Waals surface area contributed by atoms with E-state index in [-0.39, 0.29) is 0 Å². The van der Waals surface area contributed by atoms with Crippen molar-refractivity contribution in [2.45, 2.75) is 27.2 Å². The van der Waals surface area contributed by atoms with Gasteiger partial charge in [-0.25, -0.2) is 4.98 Å².